The lowest BCUT2D eigenvalue weighted by Gasteiger charge is -2.19. The molecule has 0 N–H and O–H groups in total. The van der Waals surface area contributed by atoms with Crippen LogP contribution in [0.25, 0.3) is 0 Å². The Balaban J connectivity index is 2.19. The van der Waals surface area contributed by atoms with E-state index in [9.17, 15) is 27.2 Å². The fraction of sp³-hybridized carbons (Fsp3) is 0.391. The number of hydrogen-bond acceptors (Lipinski definition) is 6. The first-order chi connectivity index (χ1) is 15.0. The number of carbonyl (C=O) groups is 2. The van der Waals surface area contributed by atoms with Gasteiger partial charge in [0.15, 0.2) is 23.3 Å². The Morgan fingerprint density at radius 3 is 1.15 bits per heavy atom. The molecule has 0 spiro atoms. The van der Waals surface area contributed by atoms with Crippen LogP contribution in [-0.2, 0) is 15.9 Å². The van der Waals surface area contributed by atoms with Crippen LogP contribution in [0.5, 0.6) is 11.5 Å². The number of benzene rings is 2. The summed E-state index contributed by atoms with van der Waals surface area (Å²) < 4.78 is 76.1. The van der Waals surface area contributed by atoms with Gasteiger partial charge in [0.25, 0.3) is 0 Å². The molecule has 0 amide bonds. The normalized spacial score (nSPS) is 11.7. The maximum Gasteiger partial charge on any atom is 0.514 e. The number of halogens is 4. The van der Waals surface area contributed by atoms with Crippen LogP contribution in [-0.4, -0.2) is 23.5 Å². The van der Waals surface area contributed by atoms with E-state index in [4.69, 9.17) is 9.47 Å². The third kappa shape index (κ3) is 7.96. The van der Waals surface area contributed by atoms with Gasteiger partial charge in [-0.15, -0.1) is 0 Å². The van der Waals surface area contributed by atoms with Crippen LogP contribution < -0.4 is 9.47 Å². The second-order valence-electron chi connectivity index (χ2n) is 9.09. The lowest BCUT2D eigenvalue weighted by Crippen LogP contribution is -2.26. The number of hydrogen-bond donors (Lipinski definition) is 0. The van der Waals surface area contributed by atoms with Gasteiger partial charge in [0.05, 0.1) is 0 Å². The van der Waals surface area contributed by atoms with Gasteiger partial charge >= 0.3 is 12.3 Å². The zero-order valence-electron chi connectivity index (χ0n) is 19.0. The van der Waals surface area contributed by atoms with E-state index in [1.165, 1.54) is 0 Å². The zero-order chi connectivity index (χ0) is 25.1. The first-order valence-electron chi connectivity index (χ1n) is 9.81. The Labute approximate surface area is 188 Å². The minimum absolute atomic E-state index is 0.00106. The summed E-state index contributed by atoms with van der Waals surface area (Å²) in [7, 11) is 0. The summed E-state index contributed by atoms with van der Waals surface area (Å²) in [6.07, 6.45) is -2.86. The molecule has 180 valence electrons. The molecule has 0 aliphatic heterocycles. The first-order valence-corrected chi connectivity index (χ1v) is 9.81. The average Bonchev–Trinajstić information content (AvgIpc) is 2.58. The lowest BCUT2D eigenvalue weighted by molar-refractivity contribution is 0.0177. The maximum atomic E-state index is 14.3. The highest BCUT2D eigenvalue weighted by Gasteiger charge is 2.24. The molecule has 0 aromatic heterocycles. The van der Waals surface area contributed by atoms with Crippen LogP contribution in [0.4, 0.5) is 27.2 Å². The van der Waals surface area contributed by atoms with E-state index in [1.54, 1.807) is 41.5 Å². The summed E-state index contributed by atoms with van der Waals surface area (Å²) in [6.45, 7) is 9.29. The largest absolute Gasteiger partial charge is 0.514 e. The Kier molecular flexibility index (Phi) is 7.61. The summed E-state index contributed by atoms with van der Waals surface area (Å²) in [6, 6.07) is 3.40. The van der Waals surface area contributed by atoms with E-state index in [0.29, 0.717) is 0 Å². The average molecular weight is 472 g/mol. The molecule has 6 nitrogen and oxygen atoms in total. The van der Waals surface area contributed by atoms with Crippen LogP contribution in [0.3, 0.4) is 0 Å². The van der Waals surface area contributed by atoms with Gasteiger partial charge in [-0.2, -0.15) is 0 Å². The van der Waals surface area contributed by atoms with Crippen molar-refractivity contribution < 1.29 is 46.1 Å². The molecule has 0 aliphatic rings. The van der Waals surface area contributed by atoms with E-state index in [1.807, 2.05) is 0 Å². The number of ether oxygens (including phenoxy) is 4. The molecular formula is C23H24F4O6. The molecule has 33 heavy (non-hydrogen) atoms. The molecule has 0 saturated carbocycles. The second kappa shape index (κ2) is 9.68. The molecule has 0 fully saturated rings. The Bertz CT molecular complexity index is 924. The van der Waals surface area contributed by atoms with Crippen molar-refractivity contribution in [3.63, 3.8) is 0 Å². The minimum atomic E-state index is -1.29. The van der Waals surface area contributed by atoms with Gasteiger partial charge in [-0.05, 0) is 83.4 Å². The summed E-state index contributed by atoms with van der Waals surface area (Å²) in [5, 5.41) is 0. The van der Waals surface area contributed by atoms with Gasteiger partial charge in [-0.1, -0.05) is 0 Å². The van der Waals surface area contributed by atoms with Gasteiger partial charge in [0, 0.05) is 0 Å². The second-order valence-corrected chi connectivity index (χ2v) is 9.09. The molecule has 0 radical (unpaired) electrons. The summed E-state index contributed by atoms with van der Waals surface area (Å²) in [5.41, 5.74) is -1.86. The van der Waals surface area contributed by atoms with Gasteiger partial charge in [-0.3, -0.25) is 0 Å². The molecule has 2 rings (SSSR count). The minimum Gasteiger partial charge on any atom is -0.428 e. The van der Waals surface area contributed by atoms with Gasteiger partial charge in [0.1, 0.15) is 11.2 Å². The fourth-order valence-corrected chi connectivity index (χ4v) is 2.57. The highest BCUT2D eigenvalue weighted by atomic mass is 19.1. The smallest absolute Gasteiger partial charge is 0.428 e. The van der Waals surface area contributed by atoms with Crippen molar-refractivity contribution >= 4 is 12.3 Å². The summed E-state index contributed by atoms with van der Waals surface area (Å²) >= 11 is 0. The molecule has 2 aromatic carbocycles. The van der Waals surface area contributed by atoms with E-state index in [2.05, 4.69) is 9.47 Å². The van der Waals surface area contributed by atoms with Crippen molar-refractivity contribution in [2.75, 3.05) is 0 Å². The molecule has 0 bridgehead atoms. The highest BCUT2D eigenvalue weighted by molar-refractivity contribution is 5.65. The van der Waals surface area contributed by atoms with Crippen molar-refractivity contribution in [3.05, 3.63) is 58.7 Å². The monoisotopic (exact) mass is 472 g/mol. The third-order valence-electron chi connectivity index (χ3n) is 3.67. The Hall–Kier alpha value is -3.30. The van der Waals surface area contributed by atoms with Crippen molar-refractivity contribution in [1.29, 1.82) is 0 Å². The Morgan fingerprint density at radius 1 is 0.636 bits per heavy atom. The van der Waals surface area contributed by atoms with Crippen LogP contribution in [0, 0.1) is 23.3 Å². The van der Waals surface area contributed by atoms with Crippen molar-refractivity contribution in [1.82, 2.24) is 0 Å². The van der Waals surface area contributed by atoms with Crippen LogP contribution in [0.1, 0.15) is 52.7 Å². The SMILES string of the molecule is CC(C)(C)OC(=O)Oc1c(F)cc(Cc2cc(F)c(OC(=O)OC(C)(C)C)c(F)c2)cc1F. The summed E-state index contributed by atoms with van der Waals surface area (Å²) in [4.78, 5) is 23.3. The van der Waals surface area contributed by atoms with E-state index in [-0.39, 0.29) is 17.5 Å². The third-order valence-corrected chi connectivity index (χ3v) is 3.67. The van der Waals surface area contributed by atoms with Crippen molar-refractivity contribution in [3.8, 4) is 11.5 Å². The van der Waals surface area contributed by atoms with E-state index >= 15 is 0 Å². The molecule has 0 unspecified atom stereocenters. The summed E-state index contributed by atoms with van der Waals surface area (Å²) in [5.74, 6) is -6.76. The van der Waals surface area contributed by atoms with Crippen LogP contribution >= 0.6 is 0 Å². The van der Waals surface area contributed by atoms with Gasteiger partial charge in [-0.25, -0.2) is 27.2 Å². The molecule has 2 aromatic rings. The fourth-order valence-electron chi connectivity index (χ4n) is 2.57. The molecule has 0 atom stereocenters. The number of rotatable bonds is 4. The standard InChI is InChI=1S/C23H24F4O6/c1-22(2,3)32-20(28)30-18-14(24)8-12(9-15(18)25)7-13-10-16(26)19(17(27)11-13)31-21(29)33-23(4,5)6/h8-11H,7H2,1-6H3. The topological polar surface area (TPSA) is 71.1 Å². The zero-order valence-corrected chi connectivity index (χ0v) is 19.0. The van der Waals surface area contributed by atoms with Gasteiger partial charge in [0.2, 0.25) is 11.5 Å². The van der Waals surface area contributed by atoms with Gasteiger partial charge < -0.3 is 18.9 Å². The van der Waals surface area contributed by atoms with E-state index < -0.39 is 58.3 Å². The molecule has 0 aliphatic carbocycles. The van der Waals surface area contributed by atoms with E-state index in [0.717, 1.165) is 24.3 Å². The number of carbonyl (C=O) groups excluding carboxylic acids is 2. The first kappa shape index (κ1) is 26.0. The molecular weight excluding hydrogens is 448 g/mol. The van der Waals surface area contributed by atoms with Crippen molar-refractivity contribution in [2.24, 2.45) is 0 Å². The highest BCUT2D eigenvalue weighted by Crippen LogP contribution is 2.28. The van der Waals surface area contributed by atoms with Crippen LogP contribution in [0.15, 0.2) is 24.3 Å². The molecule has 0 saturated heterocycles. The maximum absolute atomic E-state index is 14.3. The molecule has 0 heterocycles. The quantitative estimate of drug-likeness (QED) is 0.289. The molecule has 10 heteroatoms. The Morgan fingerprint density at radius 2 is 0.909 bits per heavy atom. The predicted molar refractivity (Wildman–Crippen MR) is 109 cm³/mol. The predicted octanol–water partition coefficient (Wildman–Crippen LogP) is 6.46. The van der Waals surface area contributed by atoms with Crippen molar-refractivity contribution in [2.45, 2.75) is 59.2 Å². The van der Waals surface area contributed by atoms with Crippen LogP contribution in [0.2, 0.25) is 0 Å². The lowest BCUT2D eigenvalue weighted by atomic mass is 10.0.